The first-order valence-corrected chi connectivity index (χ1v) is 10.5. The summed E-state index contributed by atoms with van der Waals surface area (Å²) in [6, 6.07) is 9.74. The molecule has 166 valence electrons. The fraction of sp³-hybridized carbons (Fsp3) is 0.238. The Morgan fingerprint density at radius 2 is 2.06 bits per heavy atom. The molecule has 0 saturated heterocycles. The molecule has 2 N–H and O–H groups in total. The number of anilines is 2. The van der Waals surface area contributed by atoms with E-state index in [1.54, 1.807) is 35.0 Å². The maximum Gasteiger partial charge on any atom is 0.262 e. The van der Waals surface area contributed by atoms with Gasteiger partial charge in [-0.25, -0.2) is 4.68 Å². The van der Waals surface area contributed by atoms with Crippen LogP contribution >= 0.6 is 23.2 Å². The molecule has 0 fully saturated rings. The van der Waals surface area contributed by atoms with Gasteiger partial charge < -0.3 is 14.8 Å². The second-order valence-corrected chi connectivity index (χ2v) is 7.74. The van der Waals surface area contributed by atoms with Gasteiger partial charge in [-0.2, -0.15) is 10.1 Å². The van der Waals surface area contributed by atoms with Gasteiger partial charge in [0.25, 0.3) is 5.91 Å². The van der Waals surface area contributed by atoms with Crippen LogP contribution in [0.2, 0.25) is 10.0 Å². The SMILES string of the molecule is CCOc1cc([C@@H]2CC(=O)Nc3ncnn32)ccc1OCC(=O)Nc1ccc(Cl)cc1Cl. The van der Waals surface area contributed by atoms with Gasteiger partial charge in [-0.15, -0.1) is 0 Å². The summed E-state index contributed by atoms with van der Waals surface area (Å²) in [6.45, 7) is 1.98. The predicted octanol–water partition coefficient (Wildman–Crippen LogP) is 3.93. The van der Waals surface area contributed by atoms with E-state index in [1.165, 1.54) is 12.4 Å². The van der Waals surface area contributed by atoms with Crippen molar-refractivity contribution >= 4 is 46.7 Å². The molecule has 0 saturated carbocycles. The molecule has 2 heterocycles. The number of nitrogens with one attached hydrogen (secondary N) is 2. The summed E-state index contributed by atoms with van der Waals surface area (Å²) in [5.41, 5.74) is 1.24. The summed E-state index contributed by atoms with van der Waals surface area (Å²) < 4.78 is 13.0. The molecule has 3 aromatic rings. The number of hydrogen-bond donors (Lipinski definition) is 2. The highest BCUT2D eigenvalue weighted by Crippen LogP contribution is 2.35. The number of rotatable bonds is 7. The van der Waals surface area contributed by atoms with Crippen LogP contribution < -0.4 is 20.1 Å². The standard InChI is InChI=1S/C21H19Cl2N5O4/c1-2-31-18-7-12(16-9-19(29)27-21-24-11-25-28(16)21)3-6-17(18)32-10-20(30)26-15-5-4-13(22)8-14(15)23/h3-8,11,16H,2,9-10H2,1H3,(H,26,30)(H,24,25,27,29)/t16-/m0/s1. The van der Waals surface area contributed by atoms with Crippen LogP contribution in [0.25, 0.3) is 0 Å². The quantitative estimate of drug-likeness (QED) is 0.535. The van der Waals surface area contributed by atoms with Crippen LogP contribution in [0.5, 0.6) is 11.5 Å². The molecule has 0 bridgehead atoms. The molecule has 0 unspecified atom stereocenters. The second-order valence-electron chi connectivity index (χ2n) is 6.90. The lowest BCUT2D eigenvalue weighted by atomic mass is 10.0. The third kappa shape index (κ3) is 4.79. The number of amides is 2. The zero-order valence-corrected chi connectivity index (χ0v) is 18.5. The average molecular weight is 476 g/mol. The van der Waals surface area contributed by atoms with Crippen LogP contribution in [0.3, 0.4) is 0 Å². The topological polar surface area (TPSA) is 107 Å². The largest absolute Gasteiger partial charge is 0.490 e. The number of carbonyl (C=O) groups is 2. The maximum absolute atomic E-state index is 12.3. The highest BCUT2D eigenvalue weighted by atomic mass is 35.5. The minimum Gasteiger partial charge on any atom is -0.490 e. The van der Waals surface area contributed by atoms with Gasteiger partial charge in [0.2, 0.25) is 11.9 Å². The predicted molar refractivity (Wildman–Crippen MR) is 120 cm³/mol. The Balaban J connectivity index is 1.49. The molecule has 11 heteroatoms. The Labute approximate surface area is 193 Å². The van der Waals surface area contributed by atoms with Crippen molar-refractivity contribution in [2.24, 2.45) is 0 Å². The van der Waals surface area contributed by atoms with Crippen molar-refractivity contribution in [3.8, 4) is 11.5 Å². The van der Waals surface area contributed by atoms with E-state index >= 15 is 0 Å². The number of fused-ring (bicyclic) bond motifs is 1. The fourth-order valence-electron chi connectivity index (χ4n) is 3.30. The first-order valence-electron chi connectivity index (χ1n) is 9.78. The van der Waals surface area contributed by atoms with Crippen LogP contribution in [0.15, 0.2) is 42.7 Å². The van der Waals surface area contributed by atoms with Crippen LogP contribution in [-0.2, 0) is 9.59 Å². The van der Waals surface area contributed by atoms with Crippen LogP contribution in [0.1, 0.15) is 24.9 Å². The van der Waals surface area contributed by atoms with Crippen LogP contribution in [0, 0.1) is 0 Å². The molecule has 0 aliphatic carbocycles. The third-order valence-corrected chi connectivity index (χ3v) is 5.26. The Morgan fingerprint density at radius 3 is 2.84 bits per heavy atom. The number of benzene rings is 2. The molecular weight excluding hydrogens is 457 g/mol. The molecule has 1 aliphatic rings. The summed E-state index contributed by atoms with van der Waals surface area (Å²) in [5, 5.41) is 10.4. The van der Waals surface area contributed by atoms with E-state index in [1.807, 2.05) is 6.92 Å². The summed E-state index contributed by atoms with van der Waals surface area (Å²) in [4.78, 5) is 28.4. The van der Waals surface area contributed by atoms with Gasteiger partial charge in [0.05, 0.1) is 29.8 Å². The number of aromatic nitrogens is 3. The Morgan fingerprint density at radius 1 is 1.22 bits per heavy atom. The Hall–Kier alpha value is -3.30. The van der Waals surface area contributed by atoms with Crippen molar-refractivity contribution in [2.45, 2.75) is 19.4 Å². The van der Waals surface area contributed by atoms with Crippen molar-refractivity contribution in [1.82, 2.24) is 14.8 Å². The zero-order chi connectivity index (χ0) is 22.7. The summed E-state index contributed by atoms with van der Waals surface area (Å²) in [5.74, 6) is 0.701. The van der Waals surface area contributed by atoms with Crippen LogP contribution in [0.4, 0.5) is 11.6 Å². The number of carbonyl (C=O) groups excluding carboxylic acids is 2. The molecule has 4 rings (SSSR count). The summed E-state index contributed by atoms with van der Waals surface area (Å²) in [6.07, 6.45) is 1.60. The van der Waals surface area contributed by atoms with E-state index in [0.717, 1.165) is 5.56 Å². The van der Waals surface area contributed by atoms with Gasteiger partial charge in [0, 0.05) is 5.02 Å². The first-order chi connectivity index (χ1) is 15.4. The Kier molecular flexibility index (Phi) is 6.48. The summed E-state index contributed by atoms with van der Waals surface area (Å²) >= 11 is 12.0. The average Bonchev–Trinajstić information content (AvgIpc) is 3.23. The van der Waals surface area contributed by atoms with Gasteiger partial charge in [-0.1, -0.05) is 29.3 Å². The normalized spacial score (nSPS) is 15.0. The van der Waals surface area contributed by atoms with Gasteiger partial charge in [-0.05, 0) is 42.8 Å². The summed E-state index contributed by atoms with van der Waals surface area (Å²) in [7, 11) is 0. The van der Waals surface area contributed by atoms with E-state index < -0.39 is 5.91 Å². The number of hydrogen-bond acceptors (Lipinski definition) is 6. The van der Waals surface area contributed by atoms with Crippen molar-refractivity contribution in [3.05, 3.63) is 58.3 Å². The van der Waals surface area contributed by atoms with E-state index in [2.05, 4.69) is 20.7 Å². The fourth-order valence-corrected chi connectivity index (χ4v) is 3.76. The van der Waals surface area contributed by atoms with Gasteiger partial charge >= 0.3 is 0 Å². The highest BCUT2D eigenvalue weighted by molar-refractivity contribution is 6.36. The zero-order valence-electron chi connectivity index (χ0n) is 17.0. The monoisotopic (exact) mass is 475 g/mol. The second kappa shape index (κ2) is 9.46. The molecule has 0 radical (unpaired) electrons. The maximum atomic E-state index is 12.3. The third-order valence-electron chi connectivity index (χ3n) is 4.71. The van der Waals surface area contributed by atoms with Gasteiger partial charge in [0.1, 0.15) is 6.33 Å². The molecular formula is C21H19Cl2N5O4. The lowest BCUT2D eigenvalue weighted by Crippen LogP contribution is -2.29. The highest BCUT2D eigenvalue weighted by Gasteiger charge is 2.28. The van der Waals surface area contributed by atoms with Gasteiger partial charge in [-0.3, -0.25) is 14.9 Å². The van der Waals surface area contributed by atoms with Crippen molar-refractivity contribution in [2.75, 3.05) is 23.8 Å². The van der Waals surface area contributed by atoms with E-state index in [9.17, 15) is 9.59 Å². The molecule has 9 nitrogen and oxygen atoms in total. The number of halogens is 2. The molecule has 2 aromatic carbocycles. The van der Waals surface area contributed by atoms with Crippen LogP contribution in [-0.4, -0.2) is 39.8 Å². The first kappa shape index (κ1) is 21.9. The minimum atomic E-state index is -0.392. The Bertz CT molecular complexity index is 1170. The number of nitrogens with zero attached hydrogens (tertiary/aromatic N) is 3. The van der Waals surface area contributed by atoms with Crippen molar-refractivity contribution in [1.29, 1.82) is 0 Å². The lowest BCUT2D eigenvalue weighted by molar-refractivity contribution is -0.118. The molecule has 0 spiro atoms. The smallest absolute Gasteiger partial charge is 0.262 e. The van der Waals surface area contributed by atoms with E-state index in [0.29, 0.717) is 39.8 Å². The molecule has 2 amide bonds. The number of ether oxygens (including phenoxy) is 2. The van der Waals surface area contributed by atoms with Crippen molar-refractivity contribution in [3.63, 3.8) is 0 Å². The molecule has 1 aliphatic heterocycles. The minimum absolute atomic E-state index is 0.147. The van der Waals surface area contributed by atoms with E-state index in [-0.39, 0.29) is 25.0 Å². The lowest BCUT2D eigenvalue weighted by Gasteiger charge is -2.24. The molecule has 1 atom stereocenters. The molecule has 1 aromatic heterocycles. The van der Waals surface area contributed by atoms with Gasteiger partial charge in [0.15, 0.2) is 18.1 Å². The van der Waals surface area contributed by atoms with Crippen molar-refractivity contribution < 1.29 is 19.1 Å². The van der Waals surface area contributed by atoms with E-state index in [4.69, 9.17) is 32.7 Å². The molecule has 32 heavy (non-hydrogen) atoms.